The summed E-state index contributed by atoms with van der Waals surface area (Å²) in [7, 11) is -2.70. The van der Waals surface area contributed by atoms with E-state index >= 15 is 0 Å². The highest BCUT2D eigenvalue weighted by molar-refractivity contribution is 8.39. The number of allylic oxidation sites excluding steroid dienone is 1. The molecular weight excluding hydrogens is 384 g/mol. The van der Waals surface area contributed by atoms with E-state index in [1.54, 1.807) is 0 Å². The van der Waals surface area contributed by atoms with Gasteiger partial charge >= 0.3 is 0 Å². The molecule has 0 spiro atoms. The highest BCUT2D eigenvalue weighted by atomic mass is 32.7. The van der Waals surface area contributed by atoms with Gasteiger partial charge in [-0.1, -0.05) is 24.4 Å². The third-order valence-corrected chi connectivity index (χ3v) is 4.73. The van der Waals surface area contributed by atoms with Crippen LogP contribution in [0.15, 0.2) is 24.8 Å². The van der Waals surface area contributed by atoms with Crippen LogP contribution in [0.1, 0.15) is 13.2 Å². The molecule has 12 heteroatoms. The number of ether oxygens (including phenoxy) is 1. The molecule has 0 aliphatic carbocycles. The molecule has 3 heterocycles. The van der Waals surface area contributed by atoms with Gasteiger partial charge in [0.1, 0.15) is 18.5 Å². The molecule has 0 aromatic carbocycles. The standard InChI is InChI=1S/C14H19FN5O4PS/c1-2-3-4-16-12-10-13(18-6-17-12)20(7-19-10)14-9(15)11(24-25(22)26)8(5-21)23-14/h2-3,6-9,11,14,21,25H,4-5H2,1H3,(H,22,26)(H,16,17,18)/b3-2+/t8-,9-,11-,14-/m1/s1. The maximum Gasteiger partial charge on any atom is 0.243 e. The average molecular weight is 403 g/mol. The van der Waals surface area contributed by atoms with Crippen LogP contribution in [-0.4, -0.2) is 56.2 Å². The average Bonchev–Trinajstić information content (AvgIpc) is 3.17. The zero-order chi connectivity index (χ0) is 18.7. The van der Waals surface area contributed by atoms with Crippen molar-refractivity contribution in [1.82, 2.24) is 19.5 Å². The number of aliphatic hydroxyl groups excluding tert-OH is 1. The number of fused-ring (bicyclic) bond motifs is 1. The van der Waals surface area contributed by atoms with Gasteiger partial charge in [0.05, 0.1) is 12.9 Å². The summed E-state index contributed by atoms with van der Waals surface area (Å²) >= 11 is 3.68. The number of anilines is 1. The highest BCUT2D eigenvalue weighted by Gasteiger charge is 2.47. The first-order valence-corrected chi connectivity index (χ1v) is 10.5. The Morgan fingerprint density at radius 3 is 3.04 bits per heavy atom. The highest BCUT2D eigenvalue weighted by Crippen LogP contribution is 2.41. The van der Waals surface area contributed by atoms with Crippen molar-refractivity contribution < 1.29 is 23.3 Å². The Hall–Kier alpha value is -1.52. The smallest absolute Gasteiger partial charge is 0.243 e. The molecule has 1 aliphatic heterocycles. The molecule has 1 unspecified atom stereocenters. The monoisotopic (exact) mass is 403 g/mol. The van der Waals surface area contributed by atoms with E-state index in [0.717, 1.165) is 0 Å². The lowest BCUT2D eigenvalue weighted by atomic mass is 10.1. The van der Waals surface area contributed by atoms with Crippen molar-refractivity contribution >= 4 is 36.5 Å². The fraction of sp³-hybridized carbons (Fsp3) is 0.500. The Morgan fingerprint density at radius 2 is 2.35 bits per heavy atom. The van der Waals surface area contributed by atoms with E-state index in [4.69, 9.17) is 9.26 Å². The zero-order valence-corrected chi connectivity index (χ0v) is 15.7. The first-order valence-electron chi connectivity index (χ1n) is 7.89. The fourth-order valence-corrected chi connectivity index (χ4v) is 3.64. The molecule has 0 bridgehead atoms. The summed E-state index contributed by atoms with van der Waals surface area (Å²) in [6, 6.07) is 0. The van der Waals surface area contributed by atoms with Crippen LogP contribution in [0, 0.1) is 0 Å². The summed E-state index contributed by atoms with van der Waals surface area (Å²) in [6.07, 6.45) is 1.56. The predicted molar refractivity (Wildman–Crippen MR) is 97.4 cm³/mol. The summed E-state index contributed by atoms with van der Waals surface area (Å²) in [5, 5.41) is 12.5. The molecule has 9 nitrogen and oxygen atoms in total. The summed E-state index contributed by atoms with van der Waals surface area (Å²) < 4.78 is 38.1. The van der Waals surface area contributed by atoms with Crippen molar-refractivity contribution in [3.63, 3.8) is 0 Å². The van der Waals surface area contributed by atoms with Gasteiger partial charge in [-0.2, -0.15) is 0 Å². The molecule has 26 heavy (non-hydrogen) atoms. The van der Waals surface area contributed by atoms with Crippen LogP contribution in [0.3, 0.4) is 0 Å². The van der Waals surface area contributed by atoms with Crippen molar-refractivity contribution in [1.29, 1.82) is 0 Å². The first-order chi connectivity index (χ1) is 12.6. The minimum absolute atomic E-state index is 0.367. The van der Waals surface area contributed by atoms with Gasteiger partial charge in [0.2, 0.25) is 7.23 Å². The van der Waals surface area contributed by atoms with Gasteiger partial charge < -0.3 is 19.7 Å². The van der Waals surface area contributed by atoms with Gasteiger partial charge in [-0.3, -0.25) is 9.13 Å². The van der Waals surface area contributed by atoms with Crippen LogP contribution < -0.4 is 5.32 Å². The van der Waals surface area contributed by atoms with E-state index in [1.807, 2.05) is 19.1 Å². The van der Waals surface area contributed by atoms with Crippen LogP contribution in [0.5, 0.6) is 0 Å². The number of nitrogens with zero attached hydrogens (tertiary/aromatic N) is 4. The number of hydrogen-bond donors (Lipinski definition) is 3. The van der Waals surface area contributed by atoms with E-state index in [2.05, 4.69) is 32.5 Å². The maximum atomic E-state index is 14.9. The van der Waals surface area contributed by atoms with Gasteiger partial charge in [-0.05, 0) is 6.92 Å². The fourth-order valence-electron chi connectivity index (χ4n) is 2.76. The molecule has 2 aromatic rings. The maximum absolute atomic E-state index is 14.9. The van der Waals surface area contributed by atoms with Crippen molar-refractivity contribution in [3.05, 3.63) is 24.8 Å². The van der Waals surface area contributed by atoms with Gasteiger partial charge in [0.15, 0.2) is 29.4 Å². The van der Waals surface area contributed by atoms with Crippen molar-refractivity contribution in [2.45, 2.75) is 31.5 Å². The quantitative estimate of drug-likeness (QED) is 0.364. The van der Waals surface area contributed by atoms with Gasteiger partial charge in [0, 0.05) is 6.54 Å². The summed E-state index contributed by atoms with van der Waals surface area (Å²) in [6.45, 7) is 1.97. The molecule has 142 valence electrons. The van der Waals surface area contributed by atoms with E-state index in [9.17, 15) is 14.1 Å². The normalized spacial score (nSPS) is 27.4. The number of rotatable bonds is 7. The van der Waals surface area contributed by atoms with E-state index in [0.29, 0.717) is 23.5 Å². The largest absolute Gasteiger partial charge is 0.394 e. The summed E-state index contributed by atoms with van der Waals surface area (Å²) in [5.74, 6) is 0.507. The molecule has 1 saturated heterocycles. The Kier molecular flexibility index (Phi) is 6.25. The first kappa shape index (κ1) is 19.2. The number of alkyl halides is 1. The van der Waals surface area contributed by atoms with Gasteiger partial charge in [-0.25, -0.2) is 19.3 Å². The van der Waals surface area contributed by atoms with Crippen LogP contribution in [0.4, 0.5) is 10.2 Å². The SMILES string of the molecule is C/C=C/CNc1ncnc2c1ncn2[C@@H]1O[C@H](CO)[C@@H](O[PH](=O)S)[C@H]1F. The van der Waals surface area contributed by atoms with Gasteiger partial charge in [-0.15, -0.1) is 0 Å². The number of aromatic nitrogens is 4. The van der Waals surface area contributed by atoms with Crippen molar-refractivity contribution in [2.75, 3.05) is 18.5 Å². The topological polar surface area (TPSA) is 111 Å². The van der Waals surface area contributed by atoms with Crippen molar-refractivity contribution in [2.24, 2.45) is 0 Å². The summed E-state index contributed by atoms with van der Waals surface area (Å²) in [4.78, 5) is 12.5. The molecule has 0 radical (unpaired) electrons. The molecule has 1 fully saturated rings. The van der Waals surface area contributed by atoms with E-state index in [1.165, 1.54) is 17.2 Å². The predicted octanol–water partition coefficient (Wildman–Crippen LogP) is 1.75. The number of aliphatic hydroxyl groups is 1. The van der Waals surface area contributed by atoms with Crippen LogP contribution >= 0.6 is 19.5 Å². The van der Waals surface area contributed by atoms with Crippen LogP contribution in [-0.2, 0) is 13.8 Å². The Morgan fingerprint density at radius 1 is 1.54 bits per heavy atom. The number of halogens is 1. The number of thiol groups is 1. The minimum Gasteiger partial charge on any atom is -0.394 e. The lowest BCUT2D eigenvalue weighted by Gasteiger charge is -2.16. The second kappa shape index (κ2) is 8.45. The van der Waals surface area contributed by atoms with E-state index < -0.39 is 38.4 Å². The molecule has 1 aliphatic rings. The second-order valence-corrected chi connectivity index (χ2v) is 7.40. The lowest BCUT2D eigenvalue weighted by molar-refractivity contribution is -0.0427. The molecule has 5 atom stereocenters. The molecule has 2 N–H and O–H groups in total. The lowest BCUT2D eigenvalue weighted by Crippen LogP contribution is -2.31. The third kappa shape index (κ3) is 3.77. The molecule has 0 amide bonds. The Balaban J connectivity index is 1.90. The zero-order valence-electron chi connectivity index (χ0n) is 13.8. The van der Waals surface area contributed by atoms with Crippen LogP contribution in [0.25, 0.3) is 11.2 Å². The van der Waals surface area contributed by atoms with Gasteiger partial charge in [0.25, 0.3) is 0 Å². The van der Waals surface area contributed by atoms with Crippen molar-refractivity contribution in [3.8, 4) is 0 Å². The number of nitrogens with one attached hydrogen (secondary N) is 1. The Bertz CT molecular complexity index is 822. The molecular formula is C14H19FN5O4PS. The Labute approximate surface area is 154 Å². The number of imidazole rings is 1. The van der Waals surface area contributed by atoms with Crippen LogP contribution in [0.2, 0.25) is 0 Å². The minimum atomic E-state index is -2.70. The number of hydrogen-bond acceptors (Lipinski definition) is 8. The molecule has 2 aromatic heterocycles. The second-order valence-electron chi connectivity index (χ2n) is 5.54. The van der Waals surface area contributed by atoms with E-state index in [-0.39, 0.29) is 0 Å². The summed E-state index contributed by atoms with van der Waals surface area (Å²) in [5.41, 5.74) is 0.826. The third-order valence-electron chi connectivity index (χ3n) is 3.94. The molecule has 3 rings (SSSR count). The molecule has 0 saturated carbocycles.